The Balaban J connectivity index is 2.16. The third-order valence-electron chi connectivity index (χ3n) is 3.19. The summed E-state index contributed by atoms with van der Waals surface area (Å²) in [7, 11) is 0. The Morgan fingerprint density at radius 3 is 2.80 bits per heavy atom. The maximum Gasteiger partial charge on any atom is 0.325 e. The van der Waals surface area contributed by atoms with Gasteiger partial charge in [-0.25, -0.2) is 4.79 Å². The van der Waals surface area contributed by atoms with Crippen molar-refractivity contribution in [3.8, 4) is 6.07 Å². The van der Waals surface area contributed by atoms with E-state index in [1.165, 1.54) is 6.07 Å². The number of amides is 3. The van der Waals surface area contributed by atoms with Crippen LogP contribution in [-0.4, -0.2) is 22.9 Å². The number of hydrogen-bond donors (Lipinski definition) is 1. The molecule has 1 aliphatic heterocycles. The summed E-state index contributed by atoms with van der Waals surface area (Å²) in [6.07, 6.45) is 1.45. The van der Waals surface area contributed by atoms with Crippen LogP contribution < -0.4 is 5.32 Å². The zero-order valence-electron chi connectivity index (χ0n) is 11.0. The highest BCUT2D eigenvalue weighted by molar-refractivity contribution is 6.31. The molecule has 3 amide bonds. The lowest BCUT2D eigenvalue weighted by Crippen LogP contribution is -2.31. The fourth-order valence-electron chi connectivity index (χ4n) is 2.13. The van der Waals surface area contributed by atoms with Crippen LogP contribution in [0.3, 0.4) is 0 Å². The molecule has 1 heterocycles. The average molecular weight is 292 g/mol. The average Bonchev–Trinajstić information content (AvgIpc) is 2.69. The van der Waals surface area contributed by atoms with Crippen LogP contribution >= 0.6 is 11.6 Å². The van der Waals surface area contributed by atoms with Gasteiger partial charge >= 0.3 is 6.03 Å². The fraction of sp³-hybridized carbons (Fsp3) is 0.357. The SMILES string of the molecule is CCCC1NC(=O)N(Cc2ccc(C#N)cc2Cl)C1=O. The maximum absolute atomic E-state index is 12.1. The molecule has 1 aromatic rings. The van der Waals surface area contributed by atoms with Crippen LogP contribution in [0.1, 0.15) is 30.9 Å². The molecule has 1 atom stereocenters. The molecule has 0 bridgehead atoms. The lowest BCUT2D eigenvalue weighted by atomic mass is 10.1. The van der Waals surface area contributed by atoms with Gasteiger partial charge in [0.1, 0.15) is 6.04 Å². The van der Waals surface area contributed by atoms with Crippen LogP contribution in [0.15, 0.2) is 18.2 Å². The van der Waals surface area contributed by atoms with E-state index in [0.29, 0.717) is 22.6 Å². The summed E-state index contributed by atoms with van der Waals surface area (Å²) < 4.78 is 0. The fourth-order valence-corrected chi connectivity index (χ4v) is 2.37. The van der Waals surface area contributed by atoms with E-state index in [9.17, 15) is 9.59 Å². The first-order valence-electron chi connectivity index (χ1n) is 6.37. The minimum Gasteiger partial charge on any atom is -0.326 e. The summed E-state index contributed by atoms with van der Waals surface area (Å²) in [5.41, 5.74) is 1.09. The van der Waals surface area contributed by atoms with Crippen molar-refractivity contribution in [1.29, 1.82) is 5.26 Å². The molecule has 1 saturated heterocycles. The van der Waals surface area contributed by atoms with Gasteiger partial charge in [0.2, 0.25) is 0 Å². The summed E-state index contributed by atoms with van der Waals surface area (Å²) >= 11 is 6.06. The molecule has 0 saturated carbocycles. The van der Waals surface area contributed by atoms with E-state index in [2.05, 4.69) is 5.32 Å². The number of nitrogens with zero attached hydrogens (tertiary/aromatic N) is 2. The number of hydrogen-bond acceptors (Lipinski definition) is 3. The van der Waals surface area contributed by atoms with Crippen molar-refractivity contribution in [2.24, 2.45) is 0 Å². The van der Waals surface area contributed by atoms with Crippen LogP contribution in [-0.2, 0) is 11.3 Å². The van der Waals surface area contributed by atoms with Crippen molar-refractivity contribution in [3.63, 3.8) is 0 Å². The van der Waals surface area contributed by atoms with Crippen molar-refractivity contribution < 1.29 is 9.59 Å². The number of carbonyl (C=O) groups excluding carboxylic acids is 2. The predicted molar refractivity (Wildman–Crippen MR) is 73.9 cm³/mol. The third kappa shape index (κ3) is 2.75. The first-order valence-corrected chi connectivity index (χ1v) is 6.75. The van der Waals surface area contributed by atoms with Gasteiger partial charge in [-0.15, -0.1) is 0 Å². The molecule has 1 fully saturated rings. The van der Waals surface area contributed by atoms with E-state index in [-0.39, 0.29) is 12.5 Å². The van der Waals surface area contributed by atoms with Crippen molar-refractivity contribution in [3.05, 3.63) is 34.3 Å². The van der Waals surface area contributed by atoms with Gasteiger partial charge in [-0.3, -0.25) is 9.69 Å². The molecule has 0 aromatic heterocycles. The van der Waals surface area contributed by atoms with E-state index in [1.807, 2.05) is 13.0 Å². The number of imide groups is 1. The molecule has 1 unspecified atom stereocenters. The van der Waals surface area contributed by atoms with E-state index >= 15 is 0 Å². The first kappa shape index (κ1) is 14.4. The highest BCUT2D eigenvalue weighted by Gasteiger charge is 2.37. The van der Waals surface area contributed by atoms with Crippen LogP contribution in [0.2, 0.25) is 5.02 Å². The lowest BCUT2D eigenvalue weighted by molar-refractivity contribution is -0.128. The first-order chi connectivity index (χ1) is 9.56. The van der Waals surface area contributed by atoms with Gasteiger partial charge in [0.25, 0.3) is 5.91 Å². The summed E-state index contributed by atoms with van der Waals surface area (Å²) in [5.74, 6) is -0.225. The number of rotatable bonds is 4. The molecule has 104 valence electrons. The maximum atomic E-state index is 12.1. The molecule has 6 heteroatoms. The van der Waals surface area contributed by atoms with E-state index < -0.39 is 12.1 Å². The second kappa shape index (κ2) is 5.93. The molecule has 2 rings (SSSR count). The van der Waals surface area contributed by atoms with Crippen LogP contribution in [0.4, 0.5) is 4.79 Å². The normalized spacial score (nSPS) is 18.1. The third-order valence-corrected chi connectivity index (χ3v) is 3.55. The van der Waals surface area contributed by atoms with Crippen LogP contribution in [0, 0.1) is 11.3 Å². The lowest BCUT2D eigenvalue weighted by Gasteiger charge is -2.14. The number of urea groups is 1. The standard InChI is InChI=1S/C14H14ClN3O2/c1-2-3-12-13(19)18(14(20)17-12)8-10-5-4-9(7-16)6-11(10)15/h4-6,12H,2-3,8H2,1H3,(H,17,20). The predicted octanol–water partition coefficient (Wildman–Crippen LogP) is 2.43. The Bertz CT molecular complexity index is 595. The number of nitriles is 1. The number of halogens is 1. The van der Waals surface area contributed by atoms with E-state index in [1.54, 1.807) is 12.1 Å². The molecule has 0 radical (unpaired) electrons. The van der Waals surface area contributed by atoms with Crippen molar-refractivity contribution in [2.45, 2.75) is 32.4 Å². The molecular formula is C14H14ClN3O2. The largest absolute Gasteiger partial charge is 0.326 e. The number of nitrogens with one attached hydrogen (secondary N) is 1. The molecule has 0 aliphatic carbocycles. The molecule has 5 nitrogen and oxygen atoms in total. The van der Waals surface area contributed by atoms with Crippen molar-refractivity contribution >= 4 is 23.5 Å². The Kier molecular flexibility index (Phi) is 4.26. The zero-order chi connectivity index (χ0) is 14.7. The van der Waals surface area contributed by atoms with Crippen LogP contribution in [0.25, 0.3) is 0 Å². The van der Waals surface area contributed by atoms with Crippen molar-refractivity contribution in [1.82, 2.24) is 10.2 Å². The van der Waals surface area contributed by atoms with E-state index in [0.717, 1.165) is 11.3 Å². The summed E-state index contributed by atoms with van der Waals surface area (Å²) in [4.78, 5) is 25.1. The summed E-state index contributed by atoms with van der Waals surface area (Å²) in [6.45, 7) is 2.08. The van der Waals surface area contributed by atoms with Gasteiger partial charge in [0.05, 0.1) is 18.2 Å². The number of carbonyl (C=O) groups is 2. The smallest absolute Gasteiger partial charge is 0.325 e. The quantitative estimate of drug-likeness (QED) is 0.866. The second-order valence-electron chi connectivity index (χ2n) is 4.63. The summed E-state index contributed by atoms with van der Waals surface area (Å²) in [6, 6.07) is 5.95. The molecule has 1 aromatic carbocycles. The minimum absolute atomic E-state index is 0.120. The molecule has 1 aliphatic rings. The van der Waals surface area contributed by atoms with Crippen molar-refractivity contribution in [2.75, 3.05) is 0 Å². The Labute approximate surface area is 122 Å². The van der Waals surface area contributed by atoms with Gasteiger partial charge in [-0.1, -0.05) is 31.0 Å². The van der Waals surface area contributed by atoms with Gasteiger partial charge in [-0.05, 0) is 24.1 Å². The van der Waals surface area contributed by atoms with E-state index in [4.69, 9.17) is 16.9 Å². The molecule has 20 heavy (non-hydrogen) atoms. The Morgan fingerprint density at radius 2 is 2.20 bits per heavy atom. The number of benzene rings is 1. The molecular weight excluding hydrogens is 278 g/mol. The summed E-state index contributed by atoms with van der Waals surface area (Å²) in [5, 5.41) is 11.8. The Morgan fingerprint density at radius 1 is 1.45 bits per heavy atom. The monoisotopic (exact) mass is 291 g/mol. The van der Waals surface area contributed by atoms with Gasteiger partial charge in [0, 0.05) is 5.02 Å². The minimum atomic E-state index is -0.440. The molecule has 1 N–H and O–H groups in total. The van der Waals surface area contributed by atoms with Gasteiger partial charge in [0.15, 0.2) is 0 Å². The van der Waals surface area contributed by atoms with Gasteiger partial charge in [-0.2, -0.15) is 5.26 Å². The highest BCUT2D eigenvalue weighted by Crippen LogP contribution is 2.22. The topological polar surface area (TPSA) is 73.2 Å². The second-order valence-corrected chi connectivity index (χ2v) is 5.04. The highest BCUT2D eigenvalue weighted by atomic mass is 35.5. The molecule has 0 spiro atoms. The van der Waals surface area contributed by atoms with Gasteiger partial charge < -0.3 is 5.32 Å². The van der Waals surface area contributed by atoms with Crippen LogP contribution in [0.5, 0.6) is 0 Å². The zero-order valence-corrected chi connectivity index (χ0v) is 11.8. The Hall–Kier alpha value is -2.06.